The summed E-state index contributed by atoms with van der Waals surface area (Å²) < 4.78 is 9.99. The lowest BCUT2D eigenvalue weighted by atomic mass is 10.0. The number of methoxy groups -OCH3 is 2. The predicted octanol–water partition coefficient (Wildman–Crippen LogP) is 2.96. The fourth-order valence-electron chi connectivity index (χ4n) is 3.39. The van der Waals surface area contributed by atoms with Crippen LogP contribution < -0.4 is 15.4 Å². The smallest absolute Gasteiger partial charge is 0.307 e. The summed E-state index contributed by atoms with van der Waals surface area (Å²) in [6.45, 7) is 6.14. The van der Waals surface area contributed by atoms with Crippen molar-refractivity contribution in [2.75, 3.05) is 46.9 Å². The van der Waals surface area contributed by atoms with Crippen molar-refractivity contribution in [3.8, 4) is 5.75 Å². The Morgan fingerprint density at radius 2 is 1.83 bits per heavy atom. The van der Waals surface area contributed by atoms with Crippen molar-refractivity contribution in [1.29, 1.82) is 0 Å². The zero-order valence-electron chi connectivity index (χ0n) is 17.8. The summed E-state index contributed by atoms with van der Waals surface area (Å²) in [5.41, 5.74) is 1.25. The number of rotatable bonds is 9. The summed E-state index contributed by atoms with van der Waals surface area (Å²) in [7, 11) is 3.09. The zero-order valence-corrected chi connectivity index (χ0v) is 20.1. The Bertz CT molecular complexity index is 619. The summed E-state index contributed by atoms with van der Waals surface area (Å²) in [6, 6.07) is 8.50. The van der Waals surface area contributed by atoms with E-state index < -0.39 is 0 Å². The number of hydrogen-bond acceptors (Lipinski definition) is 5. The van der Waals surface area contributed by atoms with E-state index in [1.165, 1.54) is 31.9 Å². The quantitative estimate of drug-likeness (QED) is 0.227. The third-order valence-corrected chi connectivity index (χ3v) is 4.95. The minimum atomic E-state index is -0.229. The lowest BCUT2D eigenvalue weighted by Gasteiger charge is -2.34. The first-order valence-corrected chi connectivity index (χ1v) is 10.1. The summed E-state index contributed by atoms with van der Waals surface area (Å²) in [5.74, 6) is 1.36. The van der Waals surface area contributed by atoms with Crippen molar-refractivity contribution in [3.05, 3.63) is 29.8 Å². The van der Waals surface area contributed by atoms with Gasteiger partial charge in [-0.25, -0.2) is 0 Å². The Balaban J connectivity index is 0.00000420. The van der Waals surface area contributed by atoms with Crippen LogP contribution in [0.5, 0.6) is 5.75 Å². The highest BCUT2D eigenvalue weighted by Crippen LogP contribution is 2.26. The van der Waals surface area contributed by atoms with E-state index in [4.69, 9.17) is 14.5 Å². The first-order chi connectivity index (χ1) is 13.7. The van der Waals surface area contributed by atoms with Gasteiger partial charge in [-0.3, -0.25) is 14.7 Å². The molecule has 7 nitrogen and oxygen atoms in total. The molecule has 1 atom stereocenters. The molecule has 2 N–H and O–H groups in total. The molecule has 1 aliphatic heterocycles. The standard InChI is InChI=1S/C21H34N4O3.HI/c1-4-22-21(23-13-12-20(26)28-3)24-16-19(25-14-6-5-7-15-25)17-8-10-18(27-2)11-9-17;/h8-11,19H,4-7,12-16H2,1-3H3,(H2,22,23,24);1H. The largest absolute Gasteiger partial charge is 0.497 e. The highest BCUT2D eigenvalue weighted by atomic mass is 127. The van der Waals surface area contributed by atoms with Crippen LogP contribution in [0.25, 0.3) is 0 Å². The molecule has 164 valence electrons. The maximum absolute atomic E-state index is 11.3. The van der Waals surface area contributed by atoms with Gasteiger partial charge in [-0.15, -0.1) is 24.0 Å². The van der Waals surface area contributed by atoms with Crippen LogP contribution in [0.2, 0.25) is 0 Å². The van der Waals surface area contributed by atoms with Gasteiger partial charge < -0.3 is 20.1 Å². The maximum atomic E-state index is 11.3. The molecule has 0 aromatic heterocycles. The van der Waals surface area contributed by atoms with E-state index in [1.54, 1.807) is 7.11 Å². The van der Waals surface area contributed by atoms with Crippen LogP contribution in [0, 0.1) is 0 Å². The van der Waals surface area contributed by atoms with Gasteiger partial charge in [0.1, 0.15) is 5.75 Å². The van der Waals surface area contributed by atoms with Crippen molar-refractivity contribution in [1.82, 2.24) is 15.5 Å². The van der Waals surface area contributed by atoms with E-state index in [-0.39, 0.29) is 36.0 Å². The van der Waals surface area contributed by atoms with Crippen molar-refractivity contribution in [2.45, 2.75) is 38.6 Å². The fourth-order valence-corrected chi connectivity index (χ4v) is 3.39. The van der Waals surface area contributed by atoms with Crippen LogP contribution >= 0.6 is 24.0 Å². The second-order valence-electron chi connectivity index (χ2n) is 6.86. The first-order valence-electron chi connectivity index (χ1n) is 10.1. The Labute approximate surface area is 191 Å². The van der Waals surface area contributed by atoms with Crippen molar-refractivity contribution >= 4 is 35.9 Å². The summed E-state index contributed by atoms with van der Waals surface area (Å²) in [6.07, 6.45) is 4.07. The molecule has 8 heteroatoms. The molecule has 1 fully saturated rings. The number of piperidine rings is 1. The molecule has 1 unspecified atom stereocenters. The van der Waals surface area contributed by atoms with Crippen molar-refractivity contribution in [3.63, 3.8) is 0 Å². The van der Waals surface area contributed by atoms with Gasteiger partial charge in [-0.1, -0.05) is 18.6 Å². The molecule has 1 saturated heterocycles. The number of nitrogens with one attached hydrogen (secondary N) is 2. The number of carbonyl (C=O) groups excluding carboxylic acids is 1. The molecular formula is C21H35IN4O3. The molecule has 1 aromatic rings. The molecule has 1 aliphatic rings. The van der Waals surface area contributed by atoms with Crippen molar-refractivity contribution in [2.24, 2.45) is 4.99 Å². The topological polar surface area (TPSA) is 75.2 Å². The molecule has 0 amide bonds. The second-order valence-corrected chi connectivity index (χ2v) is 6.86. The number of halogens is 1. The van der Waals surface area contributed by atoms with Crippen LogP contribution in [-0.2, 0) is 9.53 Å². The highest BCUT2D eigenvalue weighted by Gasteiger charge is 2.22. The molecule has 2 rings (SSSR count). The monoisotopic (exact) mass is 518 g/mol. The summed E-state index contributed by atoms with van der Waals surface area (Å²) in [4.78, 5) is 18.6. The van der Waals surface area contributed by atoms with Gasteiger partial charge in [0.2, 0.25) is 0 Å². The predicted molar refractivity (Wildman–Crippen MR) is 127 cm³/mol. The highest BCUT2D eigenvalue weighted by molar-refractivity contribution is 14.0. The number of esters is 1. The SMILES string of the molecule is CCNC(=NCC(c1ccc(OC)cc1)N1CCCCC1)NCCC(=O)OC.I. The van der Waals surface area contributed by atoms with E-state index in [0.29, 0.717) is 19.5 Å². The van der Waals surface area contributed by atoms with Gasteiger partial charge in [0, 0.05) is 13.1 Å². The lowest BCUT2D eigenvalue weighted by molar-refractivity contribution is -0.140. The molecule has 0 saturated carbocycles. The number of hydrogen-bond donors (Lipinski definition) is 2. The molecule has 0 bridgehead atoms. The van der Waals surface area contributed by atoms with Gasteiger partial charge in [0.25, 0.3) is 0 Å². The van der Waals surface area contributed by atoms with E-state index in [1.807, 2.05) is 19.1 Å². The van der Waals surface area contributed by atoms with E-state index >= 15 is 0 Å². The van der Waals surface area contributed by atoms with Crippen LogP contribution in [0.3, 0.4) is 0 Å². The maximum Gasteiger partial charge on any atom is 0.307 e. The number of nitrogens with zero attached hydrogens (tertiary/aromatic N) is 2. The Hall–Kier alpha value is -1.55. The molecule has 29 heavy (non-hydrogen) atoms. The Morgan fingerprint density at radius 1 is 1.14 bits per heavy atom. The molecular weight excluding hydrogens is 483 g/mol. The van der Waals surface area contributed by atoms with E-state index in [9.17, 15) is 4.79 Å². The zero-order chi connectivity index (χ0) is 20.2. The van der Waals surface area contributed by atoms with Crippen molar-refractivity contribution < 1.29 is 14.3 Å². The molecule has 1 aromatic carbocycles. The third-order valence-electron chi connectivity index (χ3n) is 4.95. The molecule has 1 heterocycles. The number of benzene rings is 1. The minimum absolute atomic E-state index is 0. The number of likely N-dealkylation sites (tertiary alicyclic amines) is 1. The van der Waals surface area contributed by atoms with Gasteiger partial charge in [0.05, 0.1) is 33.2 Å². The molecule has 0 aliphatic carbocycles. The summed E-state index contributed by atoms with van der Waals surface area (Å²) >= 11 is 0. The van der Waals surface area contributed by atoms with Crippen LogP contribution in [0.1, 0.15) is 44.2 Å². The number of guanidine groups is 1. The van der Waals surface area contributed by atoms with Gasteiger partial charge in [-0.05, 0) is 50.6 Å². The minimum Gasteiger partial charge on any atom is -0.497 e. The Kier molecular flexibility index (Phi) is 12.7. The second kappa shape index (κ2) is 14.4. The van der Waals surface area contributed by atoms with Gasteiger partial charge >= 0.3 is 5.97 Å². The average Bonchev–Trinajstić information content (AvgIpc) is 2.74. The van der Waals surface area contributed by atoms with Gasteiger partial charge in [-0.2, -0.15) is 0 Å². The number of aliphatic imine (C=N–C) groups is 1. The summed E-state index contributed by atoms with van der Waals surface area (Å²) in [5, 5.41) is 6.46. The van der Waals surface area contributed by atoms with Crippen LogP contribution in [-0.4, -0.2) is 63.8 Å². The number of carbonyl (C=O) groups is 1. The fraction of sp³-hybridized carbons (Fsp3) is 0.619. The lowest BCUT2D eigenvalue weighted by Crippen LogP contribution is -2.40. The molecule has 0 radical (unpaired) electrons. The Morgan fingerprint density at radius 3 is 2.41 bits per heavy atom. The van der Waals surface area contributed by atoms with E-state index in [0.717, 1.165) is 31.3 Å². The average molecular weight is 518 g/mol. The van der Waals surface area contributed by atoms with Gasteiger partial charge in [0.15, 0.2) is 5.96 Å². The van der Waals surface area contributed by atoms with Crippen LogP contribution in [0.4, 0.5) is 0 Å². The number of ether oxygens (including phenoxy) is 2. The third kappa shape index (κ3) is 8.77. The first kappa shape index (κ1) is 25.5. The normalized spacial score (nSPS) is 15.8. The van der Waals surface area contributed by atoms with Crippen LogP contribution in [0.15, 0.2) is 29.3 Å². The van der Waals surface area contributed by atoms with E-state index in [2.05, 4.69) is 27.7 Å². The molecule has 0 spiro atoms.